The molecule has 1 heterocycles. The first-order chi connectivity index (χ1) is 8.34. The maximum absolute atomic E-state index is 2.45. The lowest BCUT2D eigenvalue weighted by atomic mass is 10.0. The van der Waals surface area contributed by atoms with Crippen LogP contribution < -0.4 is 0 Å². The molecule has 1 aromatic carbocycles. The van der Waals surface area contributed by atoms with Crippen molar-refractivity contribution in [3.8, 4) is 0 Å². The van der Waals surface area contributed by atoms with Crippen LogP contribution in [0.4, 0.5) is 0 Å². The Bertz CT molecular complexity index is 364. The Morgan fingerprint density at radius 2 is 2.00 bits per heavy atom. The van der Waals surface area contributed by atoms with Crippen molar-refractivity contribution in [2.45, 2.75) is 6.04 Å². The summed E-state index contributed by atoms with van der Waals surface area (Å²) in [5.74, 6) is 2.60. The van der Waals surface area contributed by atoms with Gasteiger partial charge in [-0.1, -0.05) is 30.3 Å². The molecule has 1 aliphatic heterocycles. The van der Waals surface area contributed by atoms with E-state index in [9.17, 15) is 0 Å². The lowest BCUT2D eigenvalue weighted by Gasteiger charge is -2.26. The van der Waals surface area contributed by atoms with Crippen molar-refractivity contribution in [1.82, 2.24) is 4.90 Å². The zero-order valence-electron chi connectivity index (χ0n) is 9.97. The fraction of sp³-hybridized carbons (Fsp3) is 0.267. The number of benzene rings is 1. The second-order valence-corrected chi connectivity index (χ2v) is 5.63. The molecule has 2 heteroatoms. The highest BCUT2D eigenvalue weighted by Gasteiger charge is 2.35. The van der Waals surface area contributed by atoms with Gasteiger partial charge in [-0.25, -0.2) is 0 Å². The maximum Gasteiger partial charge on any atom is 0.0435 e. The van der Waals surface area contributed by atoms with E-state index in [2.05, 4.69) is 61.5 Å². The van der Waals surface area contributed by atoms with E-state index in [4.69, 9.17) is 0 Å². The largest absolute Gasteiger partial charge is 0.298 e. The van der Waals surface area contributed by atoms with Crippen molar-refractivity contribution in [2.24, 2.45) is 0 Å². The fourth-order valence-corrected chi connectivity index (χ4v) is 3.69. The number of hydrogen-bond donors (Lipinski definition) is 0. The first kappa shape index (κ1) is 11.6. The van der Waals surface area contributed by atoms with Crippen LogP contribution in [0, 0.1) is 30.4 Å². The highest BCUT2D eigenvalue weighted by atomic mass is 32.2. The number of rotatable bonds is 1. The first-order valence-corrected chi connectivity index (χ1v) is 6.96. The molecule has 0 bridgehead atoms. The van der Waals surface area contributed by atoms with E-state index in [0.717, 1.165) is 12.3 Å². The number of nitrogens with zero attached hydrogens (tertiary/aromatic N) is 1. The lowest BCUT2D eigenvalue weighted by molar-refractivity contribution is 0.283. The zero-order valence-corrected chi connectivity index (χ0v) is 10.8. The second kappa shape index (κ2) is 5.03. The van der Waals surface area contributed by atoms with Crippen LogP contribution in [0.25, 0.3) is 0 Å². The average Bonchev–Trinajstić information content (AvgIpc) is 2.72. The second-order valence-electron chi connectivity index (χ2n) is 4.57. The van der Waals surface area contributed by atoms with Gasteiger partial charge in [0.05, 0.1) is 0 Å². The number of hydrogen-bond acceptors (Lipinski definition) is 2. The summed E-state index contributed by atoms with van der Waals surface area (Å²) in [7, 11) is 2.22. The monoisotopic (exact) mass is 242 g/mol. The van der Waals surface area contributed by atoms with Gasteiger partial charge in [-0.15, -0.1) is 0 Å². The summed E-state index contributed by atoms with van der Waals surface area (Å²) < 4.78 is 0. The normalized spacial score (nSPS) is 27.9. The van der Waals surface area contributed by atoms with Crippen LogP contribution in [0.5, 0.6) is 0 Å². The van der Waals surface area contributed by atoms with E-state index in [0.29, 0.717) is 6.04 Å². The molecular formula is C15H16NS. The van der Waals surface area contributed by atoms with Gasteiger partial charge in [0.25, 0.3) is 0 Å². The van der Waals surface area contributed by atoms with Crippen LogP contribution in [-0.4, -0.2) is 24.2 Å². The van der Waals surface area contributed by atoms with Gasteiger partial charge in [-0.2, -0.15) is 11.8 Å². The van der Waals surface area contributed by atoms with E-state index in [1.54, 1.807) is 0 Å². The molecule has 1 aliphatic carbocycles. The minimum atomic E-state index is 0.522. The molecule has 1 atom stereocenters. The van der Waals surface area contributed by atoms with Crippen LogP contribution in [0.1, 0.15) is 11.6 Å². The Balaban J connectivity index is 1.78. The summed E-state index contributed by atoms with van der Waals surface area (Å²) in [4.78, 5) is 2.45. The third-order valence-corrected chi connectivity index (χ3v) is 4.59. The Hall–Kier alpha value is -0.470. The summed E-state index contributed by atoms with van der Waals surface area (Å²) in [6.45, 7) is 1.05. The third-order valence-electron chi connectivity index (χ3n) is 3.39. The van der Waals surface area contributed by atoms with Gasteiger partial charge in [0, 0.05) is 29.5 Å². The summed E-state index contributed by atoms with van der Waals surface area (Å²) in [6, 6.07) is 11.3. The summed E-state index contributed by atoms with van der Waals surface area (Å²) >= 11 is 1.98. The van der Waals surface area contributed by atoms with Gasteiger partial charge < -0.3 is 0 Å². The quantitative estimate of drug-likeness (QED) is 0.744. The van der Waals surface area contributed by atoms with Gasteiger partial charge in [0.1, 0.15) is 0 Å². The molecule has 2 fully saturated rings. The molecule has 1 saturated carbocycles. The fourth-order valence-electron chi connectivity index (χ4n) is 2.41. The molecule has 0 unspecified atom stereocenters. The van der Waals surface area contributed by atoms with Crippen molar-refractivity contribution in [3.63, 3.8) is 0 Å². The first-order valence-electron chi connectivity index (χ1n) is 5.97. The van der Waals surface area contributed by atoms with Crippen LogP contribution >= 0.6 is 11.8 Å². The third kappa shape index (κ3) is 2.38. The standard InChI is InChI=1S/C15H16NS/c1-16-10-13-8-5-9-15(13)17-11-14(16)12-6-3-2-4-7-12/h2-9,14H,10-11H2,1H3/t14-/m1/s1. The minimum Gasteiger partial charge on any atom is -0.298 e. The lowest BCUT2D eigenvalue weighted by Crippen LogP contribution is -2.28. The van der Waals surface area contributed by atoms with Gasteiger partial charge in [-0.3, -0.25) is 4.90 Å². The molecule has 1 aromatic rings. The van der Waals surface area contributed by atoms with E-state index >= 15 is 0 Å². The van der Waals surface area contributed by atoms with Gasteiger partial charge in [0.15, 0.2) is 0 Å². The molecule has 1 nitrogen and oxygen atoms in total. The summed E-state index contributed by atoms with van der Waals surface area (Å²) in [6.07, 6.45) is 6.64. The minimum absolute atomic E-state index is 0.522. The molecule has 3 rings (SSSR count). The van der Waals surface area contributed by atoms with E-state index < -0.39 is 0 Å². The Morgan fingerprint density at radius 1 is 1.18 bits per heavy atom. The number of fused-ring (bicyclic) bond motifs is 1. The SMILES string of the molecule is CN1C[C]2[CH][CH][CH][C]2SC[C@@H]1c1ccccc1. The highest BCUT2D eigenvalue weighted by molar-refractivity contribution is 8.02. The van der Waals surface area contributed by atoms with E-state index in [1.807, 2.05) is 11.8 Å². The number of thioether (sulfide) groups is 1. The molecule has 17 heavy (non-hydrogen) atoms. The zero-order chi connectivity index (χ0) is 11.7. The van der Waals surface area contributed by atoms with Crippen molar-refractivity contribution < 1.29 is 0 Å². The topological polar surface area (TPSA) is 3.24 Å². The summed E-state index contributed by atoms with van der Waals surface area (Å²) in [5.41, 5.74) is 1.42. The predicted molar refractivity (Wildman–Crippen MR) is 73.7 cm³/mol. The van der Waals surface area contributed by atoms with E-state index in [-0.39, 0.29) is 0 Å². The molecule has 1 saturated heterocycles. The van der Waals surface area contributed by atoms with E-state index in [1.165, 1.54) is 16.7 Å². The van der Waals surface area contributed by atoms with Crippen LogP contribution in [0.2, 0.25) is 0 Å². The molecule has 0 N–H and O–H groups in total. The molecule has 0 aromatic heterocycles. The Kier molecular flexibility index (Phi) is 3.44. The smallest absolute Gasteiger partial charge is 0.0435 e. The average molecular weight is 242 g/mol. The highest BCUT2D eigenvalue weighted by Crippen LogP contribution is 2.46. The molecule has 2 aliphatic rings. The van der Waals surface area contributed by atoms with Gasteiger partial charge >= 0.3 is 0 Å². The Labute approximate surface area is 109 Å². The van der Waals surface area contributed by atoms with Crippen LogP contribution in [0.15, 0.2) is 30.3 Å². The summed E-state index contributed by atoms with van der Waals surface area (Å²) in [5, 5.41) is 1.45. The molecule has 0 amide bonds. The molecule has 87 valence electrons. The maximum atomic E-state index is 2.45. The van der Waals surface area contributed by atoms with Gasteiger partial charge in [-0.05, 0) is 31.9 Å². The molecule has 0 spiro atoms. The predicted octanol–water partition coefficient (Wildman–Crippen LogP) is 3.14. The van der Waals surface area contributed by atoms with Crippen molar-refractivity contribution in [3.05, 3.63) is 66.3 Å². The van der Waals surface area contributed by atoms with Crippen LogP contribution in [0.3, 0.4) is 0 Å². The molecular weight excluding hydrogens is 226 g/mol. The van der Waals surface area contributed by atoms with Crippen LogP contribution in [-0.2, 0) is 0 Å². The van der Waals surface area contributed by atoms with Crippen molar-refractivity contribution >= 4 is 11.8 Å². The Morgan fingerprint density at radius 3 is 2.82 bits per heavy atom. The van der Waals surface area contributed by atoms with Crippen molar-refractivity contribution in [1.29, 1.82) is 0 Å². The molecule has 5 radical (unpaired) electrons. The van der Waals surface area contributed by atoms with Gasteiger partial charge in [0.2, 0.25) is 0 Å². The van der Waals surface area contributed by atoms with Crippen molar-refractivity contribution in [2.75, 3.05) is 19.3 Å².